The molecule has 1 saturated heterocycles. The summed E-state index contributed by atoms with van der Waals surface area (Å²) in [7, 11) is 0. The topological polar surface area (TPSA) is 68.7 Å². The van der Waals surface area contributed by atoms with Crippen LogP contribution >= 0.6 is 0 Å². The molecule has 1 aliphatic rings. The van der Waals surface area contributed by atoms with E-state index in [1.165, 1.54) is 0 Å². The Morgan fingerprint density at radius 3 is 2.82 bits per heavy atom. The molecule has 122 valence electrons. The Balaban J connectivity index is 1.94. The predicted molar refractivity (Wildman–Crippen MR) is 85.5 cm³/mol. The molecule has 0 spiro atoms. The van der Waals surface area contributed by atoms with Gasteiger partial charge in [0.05, 0.1) is 18.3 Å². The van der Waals surface area contributed by atoms with E-state index >= 15 is 0 Å². The Morgan fingerprint density at radius 1 is 1.45 bits per heavy atom. The van der Waals surface area contributed by atoms with E-state index < -0.39 is 0 Å². The Kier molecular flexibility index (Phi) is 5.37. The van der Waals surface area contributed by atoms with Gasteiger partial charge >= 0.3 is 6.03 Å². The van der Waals surface area contributed by atoms with Gasteiger partial charge in [-0.05, 0) is 32.9 Å². The molecule has 6 nitrogen and oxygen atoms in total. The number of aliphatic hydroxyl groups excluding tert-OH is 1. The lowest BCUT2D eigenvalue weighted by molar-refractivity contribution is 0.0239. The van der Waals surface area contributed by atoms with Gasteiger partial charge in [-0.3, -0.25) is 9.88 Å². The zero-order chi connectivity index (χ0) is 16.2. The van der Waals surface area contributed by atoms with Crippen molar-refractivity contribution in [1.82, 2.24) is 20.1 Å². The van der Waals surface area contributed by atoms with E-state index in [1.807, 2.05) is 30.0 Å². The maximum atomic E-state index is 12.5. The molecule has 1 aromatic rings. The Morgan fingerprint density at radius 2 is 2.23 bits per heavy atom. The molecule has 2 N–H and O–H groups in total. The molecule has 1 atom stereocenters. The number of nitrogens with one attached hydrogen (secondary N) is 1. The van der Waals surface area contributed by atoms with Crippen LogP contribution in [-0.2, 0) is 0 Å². The number of aliphatic hydroxyl groups is 1. The van der Waals surface area contributed by atoms with Gasteiger partial charge in [-0.25, -0.2) is 4.79 Å². The van der Waals surface area contributed by atoms with Crippen molar-refractivity contribution < 1.29 is 9.90 Å². The highest BCUT2D eigenvalue weighted by Crippen LogP contribution is 2.21. The molecule has 0 aromatic carbocycles. The number of carbonyl (C=O) groups excluding carboxylic acids is 1. The normalized spacial score (nSPS) is 19.7. The van der Waals surface area contributed by atoms with Crippen LogP contribution in [0.5, 0.6) is 0 Å². The monoisotopic (exact) mass is 306 g/mol. The molecule has 1 aromatic heterocycles. The number of rotatable bonds is 4. The highest BCUT2D eigenvalue weighted by molar-refractivity contribution is 5.74. The van der Waals surface area contributed by atoms with Crippen LogP contribution < -0.4 is 5.32 Å². The number of carbonyl (C=O) groups is 1. The van der Waals surface area contributed by atoms with Crippen molar-refractivity contribution in [3.8, 4) is 0 Å². The average molecular weight is 306 g/mol. The van der Waals surface area contributed by atoms with Crippen molar-refractivity contribution in [2.24, 2.45) is 0 Å². The highest BCUT2D eigenvalue weighted by atomic mass is 16.3. The first kappa shape index (κ1) is 16.7. The molecular formula is C16H26N4O2. The molecule has 2 rings (SSSR count). The summed E-state index contributed by atoms with van der Waals surface area (Å²) in [5, 5.41) is 12.1. The largest absolute Gasteiger partial charge is 0.395 e. The number of urea groups is 1. The van der Waals surface area contributed by atoms with Gasteiger partial charge in [0.2, 0.25) is 0 Å². The number of β-amino-alcohol motifs (C(OH)–C–C–N with tert-alkyl or cyclic N) is 1. The van der Waals surface area contributed by atoms with Gasteiger partial charge in [0.25, 0.3) is 0 Å². The smallest absolute Gasteiger partial charge is 0.318 e. The molecule has 1 unspecified atom stereocenters. The second-order valence-corrected chi connectivity index (χ2v) is 6.37. The van der Waals surface area contributed by atoms with Gasteiger partial charge in [-0.1, -0.05) is 6.07 Å². The standard InChI is InChI=1S/C16H26N4O2/c1-13(14-6-4-5-7-17-14)18-15(22)19-8-9-20(10-11-21)16(2,3)12-19/h4-7,13,21H,8-12H2,1-3H3,(H,18,22). The minimum Gasteiger partial charge on any atom is -0.395 e. The van der Waals surface area contributed by atoms with Crippen molar-refractivity contribution >= 4 is 6.03 Å². The van der Waals surface area contributed by atoms with Crippen molar-refractivity contribution in [1.29, 1.82) is 0 Å². The SMILES string of the molecule is CC(NC(=O)N1CCN(CCO)C(C)(C)C1)c1ccccn1. The molecule has 0 aliphatic carbocycles. The van der Waals surface area contributed by atoms with Crippen LogP contribution in [0, 0.1) is 0 Å². The Hall–Kier alpha value is -1.66. The van der Waals surface area contributed by atoms with E-state index in [1.54, 1.807) is 6.20 Å². The summed E-state index contributed by atoms with van der Waals surface area (Å²) in [5.74, 6) is 0. The number of amides is 2. The molecule has 22 heavy (non-hydrogen) atoms. The first-order valence-electron chi connectivity index (χ1n) is 7.76. The molecule has 6 heteroatoms. The van der Waals surface area contributed by atoms with E-state index in [2.05, 4.69) is 29.0 Å². The molecule has 2 amide bonds. The van der Waals surface area contributed by atoms with Crippen LogP contribution in [0.25, 0.3) is 0 Å². The molecule has 0 saturated carbocycles. The number of aromatic nitrogens is 1. The first-order valence-corrected chi connectivity index (χ1v) is 7.76. The maximum Gasteiger partial charge on any atom is 0.318 e. The van der Waals surface area contributed by atoms with Crippen molar-refractivity contribution in [3.05, 3.63) is 30.1 Å². The second kappa shape index (κ2) is 7.07. The van der Waals surface area contributed by atoms with E-state index in [4.69, 9.17) is 5.11 Å². The molecule has 1 aliphatic heterocycles. The summed E-state index contributed by atoms with van der Waals surface area (Å²) in [4.78, 5) is 20.8. The van der Waals surface area contributed by atoms with Crippen LogP contribution in [0.15, 0.2) is 24.4 Å². The number of hydrogen-bond acceptors (Lipinski definition) is 4. The van der Waals surface area contributed by atoms with Crippen molar-refractivity contribution in [3.63, 3.8) is 0 Å². The van der Waals surface area contributed by atoms with Gasteiger partial charge in [0.1, 0.15) is 0 Å². The van der Waals surface area contributed by atoms with Gasteiger partial charge in [0, 0.05) is 37.9 Å². The van der Waals surface area contributed by atoms with E-state index in [9.17, 15) is 4.79 Å². The minimum atomic E-state index is -0.132. The van der Waals surface area contributed by atoms with Crippen LogP contribution in [0.2, 0.25) is 0 Å². The van der Waals surface area contributed by atoms with Gasteiger partial charge in [-0.2, -0.15) is 0 Å². The predicted octanol–water partition coefficient (Wildman–Crippen LogP) is 1.24. The zero-order valence-corrected chi connectivity index (χ0v) is 13.6. The van der Waals surface area contributed by atoms with E-state index in [-0.39, 0.29) is 24.2 Å². The van der Waals surface area contributed by atoms with Crippen LogP contribution in [0.1, 0.15) is 32.5 Å². The third kappa shape index (κ3) is 3.96. The Labute approximate surface area is 132 Å². The number of hydrogen-bond donors (Lipinski definition) is 2. The number of pyridine rings is 1. The fraction of sp³-hybridized carbons (Fsp3) is 0.625. The van der Waals surface area contributed by atoms with Gasteiger partial charge in [-0.15, -0.1) is 0 Å². The third-order valence-electron chi connectivity index (χ3n) is 4.20. The average Bonchev–Trinajstić information content (AvgIpc) is 2.50. The fourth-order valence-corrected chi connectivity index (χ4v) is 2.88. The lowest BCUT2D eigenvalue weighted by atomic mass is 9.99. The van der Waals surface area contributed by atoms with Gasteiger partial charge < -0.3 is 15.3 Å². The molecule has 0 radical (unpaired) electrons. The first-order chi connectivity index (χ1) is 10.4. The van der Waals surface area contributed by atoms with Crippen LogP contribution in [0.3, 0.4) is 0 Å². The minimum absolute atomic E-state index is 0.0603. The second-order valence-electron chi connectivity index (χ2n) is 6.37. The molecule has 0 bridgehead atoms. The molecule has 2 heterocycles. The number of piperazine rings is 1. The maximum absolute atomic E-state index is 12.5. The Bertz CT molecular complexity index is 492. The lowest BCUT2D eigenvalue weighted by Gasteiger charge is -2.47. The van der Waals surface area contributed by atoms with Crippen LogP contribution in [0.4, 0.5) is 4.79 Å². The third-order valence-corrected chi connectivity index (χ3v) is 4.20. The van der Waals surface area contributed by atoms with Gasteiger partial charge in [0.15, 0.2) is 0 Å². The number of nitrogens with zero attached hydrogens (tertiary/aromatic N) is 3. The summed E-state index contributed by atoms with van der Waals surface area (Å²) in [5.41, 5.74) is 0.723. The molecule has 1 fully saturated rings. The summed E-state index contributed by atoms with van der Waals surface area (Å²) >= 11 is 0. The zero-order valence-electron chi connectivity index (χ0n) is 13.6. The summed E-state index contributed by atoms with van der Waals surface area (Å²) < 4.78 is 0. The van der Waals surface area contributed by atoms with E-state index in [0.717, 1.165) is 12.2 Å². The summed E-state index contributed by atoms with van der Waals surface area (Å²) in [6.45, 7) is 9.03. The quantitative estimate of drug-likeness (QED) is 0.878. The van der Waals surface area contributed by atoms with Crippen molar-refractivity contribution in [2.45, 2.75) is 32.4 Å². The fourth-order valence-electron chi connectivity index (χ4n) is 2.88. The lowest BCUT2D eigenvalue weighted by Crippen LogP contribution is -2.62. The molecular weight excluding hydrogens is 280 g/mol. The summed E-state index contributed by atoms with van der Waals surface area (Å²) in [6, 6.07) is 5.51. The highest BCUT2D eigenvalue weighted by Gasteiger charge is 2.35. The van der Waals surface area contributed by atoms with Crippen molar-refractivity contribution in [2.75, 3.05) is 32.8 Å². The summed E-state index contributed by atoms with van der Waals surface area (Å²) in [6.07, 6.45) is 1.73. The van der Waals surface area contributed by atoms with E-state index in [0.29, 0.717) is 19.6 Å². The van der Waals surface area contributed by atoms with Crippen LogP contribution in [-0.4, -0.2) is 64.2 Å².